The van der Waals surface area contributed by atoms with E-state index >= 15 is 0 Å². The molecule has 0 rings (SSSR count). The predicted octanol–water partition coefficient (Wildman–Crippen LogP) is 3.10. The van der Waals surface area contributed by atoms with Crippen molar-refractivity contribution in [2.24, 2.45) is 11.8 Å². The van der Waals surface area contributed by atoms with Crippen molar-refractivity contribution in [2.45, 2.75) is 60.3 Å². The Hall–Kier alpha value is -0.130. The van der Waals surface area contributed by atoms with Gasteiger partial charge in [-0.3, -0.25) is 0 Å². The Morgan fingerprint density at radius 3 is 1.90 bits per heavy atom. The molecule has 0 heterocycles. The smallest absolute Gasteiger partial charge is 0.214 e. The monoisotopic (exact) mass is 320 g/mol. The Balaban J connectivity index is 4.39. The van der Waals surface area contributed by atoms with Gasteiger partial charge in [-0.15, -0.1) is 0 Å². The van der Waals surface area contributed by atoms with Crippen LogP contribution in [0.4, 0.5) is 0 Å². The van der Waals surface area contributed by atoms with E-state index in [4.69, 9.17) is 0 Å². The van der Waals surface area contributed by atoms with Crippen molar-refractivity contribution in [3.05, 3.63) is 0 Å². The lowest BCUT2D eigenvalue weighted by Crippen LogP contribution is -2.36. The number of unbranched alkanes of at least 4 members (excludes halogenated alkanes) is 1. The van der Waals surface area contributed by atoms with E-state index in [2.05, 4.69) is 39.9 Å². The molecule has 1 N–H and O–H groups in total. The van der Waals surface area contributed by atoms with E-state index in [9.17, 15) is 8.42 Å². The highest BCUT2D eigenvalue weighted by Crippen LogP contribution is 2.12. The van der Waals surface area contributed by atoms with Crippen molar-refractivity contribution < 1.29 is 8.42 Å². The Kier molecular flexibility index (Phi) is 11.4. The van der Waals surface area contributed by atoms with E-state index in [0.29, 0.717) is 24.9 Å². The first kappa shape index (κ1) is 20.9. The summed E-state index contributed by atoms with van der Waals surface area (Å²) in [5.74, 6) is 1.36. The van der Waals surface area contributed by atoms with E-state index in [0.717, 1.165) is 38.8 Å². The fraction of sp³-hybridized carbons (Fsp3) is 1.00. The second kappa shape index (κ2) is 11.4. The van der Waals surface area contributed by atoms with E-state index in [1.165, 1.54) is 0 Å². The number of nitrogens with zero attached hydrogens (tertiary/aromatic N) is 1. The van der Waals surface area contributed by atoms with Crippen LogP contribution in [0.15, 0.2) is 0 Å². The molecular formula is C16H36N2O2S. The number of sulfonamides is 1. The molecule has 0 saturated heterocycles. The molecule has 0 spiro atoms. The van der Waals surface area contributed by atoms with Crippen LogP contribution in [0.2, 0.25) is 0 Å². The van der Waals surface area contributed by atoms with Crippen LogP contribution in [-0.4, -0.2) is 44.7 Å². The molecule has 0 fully saturated rings. The number of nitrogens with one attached hydrogen (secondary N) is 1. The summed E-state index contributed by atoms with van der Waals surface area (Å²) in [5, 5.41) is 3.24. The standard InChI is InChI=1S/C16H36N2O2S/c1-6-17-11-7-8-14-21(19,20)18(12-9-15(2)3)13-10-16(4)5/h15-17H,6-14H2,1-5H3. The number of rotatable bonds is 13. The zero-order valence-corrected chi connectivity index (χ0v) is 15.5. The normalized spacial score (nSPS) is 12.8. The van der Waals surface area contributed by atoms with Gasteiger partial charge in [-0.2, -0.15) is 0 Å². The molecule has 0 aromatic rings. The first-order chi connectivity index (χ1) is 9.79. The topological polar surface area (TPSA) is 49.4 Å². The van der Waals surface area contributed by atoms with Gasteiger partial charge in [0.2, 0.25) is 10.0 Å². The van der Waals surface area contributed by atoms with Crippen molar-refractivity contribution in [2.75, 3.05) is 31.9 Å². The molecule has 0 amide bonds. The molecule has 0 radical (unpaired) electrons. The summed E-state index contributed by atoms with van der Waals surface area (Å²) in [6.07, 6.45) is 3.55. The summed E-state index contributed by atoms with van der Waals surface area (Å²) >= 11 is 0. The third-order valence-corrected chi connectivity index (χ3v) is 5.52. The van der Waals surface area contributed by atoms with Gasteiger partial charge in [0.1, 0.15) is 0 Å². The minimum atomic E-state index is -3.10. The van der Waals surface area contributed by atoms with Gasteiger partial charge >= 0.3 is 0 Å². The molecule has 0 unspecified atom stereocenters. The van der Waals surface area contributed by atoms with Crippen molar-refractivity contribution >= 4 is 10.0 Å². The lowest BCUT2D eigenvalue weighted by Gasteiger charge is -2.24. The van der Waals surface area contributed by atoms with Crippen molar-refractivity contribution in [3.63, 3.8) is 0 Å². The van der Waals surface area contributed by atoms with Crippen LogP contribution in [0, 0.1) is 11.8 Å². The van der Waals surface area contributed by atoms with Crippen LogP contribution in [0.25, 0.3) is 0 Å². The lowest BCUT2D eigenvalue weighted by atomic mass is 10.1. The zero-order valence-electron chi connectivity index (χ0n) is 14.7. The summed E-state index contributed by atoms with van der Waals surface area (Å²) in [4.78, 5) is 0. The van der Waals surface area contributed by atoms with E-state index < -0.39 is 10.0 Å². The average molecular weight is 321 g/mol. The van der Waals surface area contributed by atoms with Crippen molar-refractivity contribution in [1.29, 1.82) is 0 Å². The number of hydrogen-bond acceptors (Lipinski definition) is 3. The highest BCUT2D eigenvalue weighted by atomic mass is 32.2. The van der Waals surface area contributed by atoms with Crippen LogP contribution >= 0.6 is 0 Å². The summed E-state index contributed by atoms with van der Waals surface area (Å²) in [6, 6.07) is 0. The fourth-order valence-corrected chi connectivity index (χ4v) is 3.63. The van der Waals surface area contributed by atoms with E-state index in [1.807, 2.05) is 0 Å². The molecule has 21 heavy (non-hydrogen) atoms. The third kappa shape index (κ3) is 11.1. The summed E-state index contributed by atoms with van der Waals surface area (Å²) in [7, 11) is -3.10. The van der Waals surface area contributed by atoms with Crippen LogP contribution in [-0.2, 0) is 10.0 Å². The number of hydrogen-bond donors (Lipinski definition) is 1. The maximum absolute atomic E-state index is 12.5. The molecule has 0 aliphatic carbocycles. The fourth-order valence-electron chi connectivity index (χ4n) is 2.03. The molecule has 0 aromatic heterocycles. The van der Waals surface area contributed by atoms with E-state index in [-0.39, 0.29) is 5.75 Å². The SMILES string of the molecule is CCNCCCCS(=O)(=O)N(CCC(C)C)CCC(C)C. The first-order valence-electron chi connectivity index (χ1n) is 8.48. The maximum atomic E-state index is 12.5. The Labute approximate surface area is 132 Å². The van der Waals surface area contributed by atoms with Gasteiger partial charge in [-0.1, -0.05) is 34.6 Å². The van der Waals surface area contributed by atoms with Crippen molar-refractivity contribution in [1.82, 2.24) is 9.62 Å². The molecule has 4 nitrogen and oxygen atoms in total. The Bertz CT molecular complexity index is 328. The first-order valence-corrected chi connectivity index (χ1v) is 10.1. The lowest BCUT2D eigenvalue weighted by molar-refractivity contribution is 0.356. The molecule has 5 heteroatoms. The second-order valence-electron chi connectivity index (χ2n) is 6.64. The molecule has 0 bridgehead atoms. The van der Waals surface area contributed by atoms with Crippen molar-refractivity contribution in [3.8, 4) is 0 Å². The van der Waals surface area contributed by atoms with Crippen LogP contribution in [0.3, 0.4) is 0 Å². The highest BCUT2D eigenvalue weighted by molar-refractivity contribution is 7.89. The molecular weight excluding hydrogens is 284 g/mol. The molecule has 0 saturated carbocycles. The van der Waals surface area contributed by atoms with Gasteiger partial charge < -0.3 is 5.32 Å². The molecule has 0 aliphatic rings. The van der Waals surface area contributed by atoms with Gasteiger partial charge in [-0.25, -0.2) is 12.7 Å². The highest BCUT2D eigenvalue weighted by Gasteiger charge is 2.21. The molecule has 0 atom stereocenters. The molecule has 128 valence electrons. The van der Waals surface area contributed by atoms with Gasteiger partial charge in [0, 0.05) is 13.1 Å². The molecule has 0 aliphatic heterocycles. The largest absolute Gasteiger partial charge is 0.317 e. The van der Waals surface area contributed by atoms with Gasteiger partial charge in [0.25, 0.3) is 0 Å². The maximum Gasteiger partial charge on any atom is 0.214 e. The van der Waals surface area contributed by atoms with Gasteiger partial charge in [-0.05, 0) is 50.6 Å². The quantitative estimate of drug-likeness (QED) is 0.531. The third-order valence-electron chi connectivity index (χ3n) is 3.56. The summed E-state index contributed by atoms with van der Waals surface area (Å²) in [5.41, 5.74) is 0. The molecule has 0 aromatic carbocycles. The van der Waals surface area contributed by atoms with Crippen LogP contribution in [0.5, 0.6) is 0 Å². The predicted molar refractivity (Wildman–Crippen MR) is 92.0 cm³/mol. The minimum absolute atomic E-state index is 0.286. The van der Waals surface area contributed by atoms with E-state index in [1.54, 1.807) is 4.31 Å². The minimum Gasteiger partial charge on any atom is -0.317 e. The summed E-state index contributed by atoms with van der Waals surface area (Å²) in [6.45, 7) is 13.8. The van der Waals surface area contributed by atoms with Crippen LogP contribution < -0.4 is 5.32 Å². The second-order valence-corrected chi connectivity index (χ2v) is 8.73. The zero-order chi connectivity index (χ0) is 16.3. The average Bonchev–Trinajstić information content (AvgIpc) is 2.37. The Morgan fingerprint density at radius 1 is 0.952 bits per heavy atom. The van der Waals surface area contributed by atoms with Crippen LogP contribution in [0.1, 0.15) is 60.3 Å². The van der Waals surface area contributed by atoms with Gasteiger partial charge in [0.15, 0.2) is 0 Å². The summed E-state index contributed by atoms with van der Waals surface area (Å²) < 4.78 is 26.7. The van der Waals surface area contributed by atoms with Gasteiger partial charge in [0.05, 0.1) is 5.75 Å². The Morgan fingerprint density at radius 2 is 1.48 bits per heavy atom.